The van der Waals surface area contributed by atoms with Gasteiger partial charge in [0, 0.05) is 6.04 Å². The highest BCUT2D eigenvalue weighted by molar-refractivity contribution is 6.33. The Kier molecular flexibility index (Phi) is 6.79. The summed E-state index contributed by atoms with van der Waals surface area (Å²) in [6, 6.07) is 11.2. The standard InChI is InChI=1S/C19H22ClFN2O2/c1-4-17(13-5-8-15(25-3)9-6-13)22-12(2)19(24)23-18-10-7-14(21)11-16(18)20/h5-12,17,22H,4H2,1-3H3,(H,23,24)/t12-,17-/m1/s1. The molecule has 2 rings (SSSR count). The summed E-state index contributed by atoms with van der Waals surface area (Å²) in [4.78, 5) is 12.4. The number of hydrogen-bond donors (Lipinski definition) is 2. The number of nitrogens with one attached hydrogen (secondary N) is 2. The van der Waals surface area contributed by atoms with Crippen LogP contribution in [0.4, 0.5) is 10.1 Å². The topological polar surface area (TPSA) is 50.4 Å². The molecule has 0 spiro atoms. The van der Waals surface area contributed by atoms with Crippen LogP contribution < -0.4 is 15.4 Å². The average molecular weight is 365 g/mol. The van der Waals surface area contributed by atoms with Crippen molar-refractivity contribution in [3.05, 3.63) is 58.9 Å². The SMILES string of the molecule is CC[C@@H](N[C@H](C)C(=O)Nc1ccc(F)cc1Cl)c1ccc(OC)cc1. The van der Waals surface area contributed by atoms with Crippen molar-refractivity contribution in [1.29, 1.82) is 0 Å². The van der Waals surface area contributed by atoms with Crippen molar-refractivity contribution >= 4 is 23.2 Å². The summed E-state index contributed by atoms with van der Waals surface area (Å²) >= 11 is 5.95. The highest BCUT2D eigenvalue weighted by Gasteiger charge is 2.19. The number of carbonyl (C=O) groups is 1. The Morgan fingerprint density at radius 1 is 1.24 bits per heavy atom. The predicted octanol–water partition coefficient (Wildman–Crippen LogP) is 4.56. The van der Waals surface area contributed by atoms with E-state index in [0.717, 1.165) is 17.7 Å². The molecule has 25 heavy (non-hydrogen) atoms. The molecule has 0 saturated carbocycles. The molecule has 0 aliphatic rings. The zero-order chi connectivity index (χ0) is 18.4. The molecule has 4 nitrogen and oxygen atoms in total. The van der Waals surface area contributed by atoms with Crippen molar-refractivity contribution in [3.8, 4) is 5.75 Å². The minimum Gasteiger partial charge on any atom is -0.497 e. The molecule has 2 atom stereocenters. The molecular formula is C19H22ClFN2O2. The van der Waals surface area contributed by atoms with E-state index in [-0.39, 0.29) is 17.0 Å². The first kappa shape index (κ1) is 19.2. The smallest absolute Gasteiger partial charge is 0.241 e. The minimum atomic E-state index is -0.451. The van der Waals surface area contributed by atoms with Gasteiger partial charge in [-0.25, -0.2) is 4.39 Å². The summed E-state index contributed by atoms with van der Waals surface area (Å²) in [6.07, 6.45) is 0.821. The van der Waals surface area contributed by atoms with E-state index in [1.165, 1.54) is 18.2 Å². The van der Waals surface area contributed by atoms with E-state index in [4.69, 9.17) is 16.3 Å². The van der Waals surface area contributed by atoms with Gasteiger partial charge in [0.05, 0.1) is 23.9 Å². The predicted molar refractivity (Wildman–Crippen MR) is 98.7 cm³/mol. The van der Waals surface area contributed by atoms with Crippen LogP contribution in [0.1, 0.15) is 31.9 Å². The number of carbonyl (C=O) groups excluding carboxylic acids is 1. The van der Waals surface area contributed by atoms with E-state index in [1.54, 1.807) is 14.0 Å². The molecule has 0 aliphatic carbocycles. The lowest BCUT2D eigenvalue weighted by Gasteiger charge is -2.22. The number of benzene rings is 2. The van der Waals surface area contributed by atoms with E-state index in [2.05, 4.69) is 10.6 Å². The molecule has 6 heteroatoms. The number of rotatable bonds is 7. The second-order valence-corrected chi connectivity index (χ2v) is 6.14. The summed E-state index contributed by atoms with van der Waals surface area (Å²) in [7, 11) is 1.62. The molecule has 0 radical (unpaired) electrons. The van der Waals surface area contributed by atoms with E-state index in [1.807, 2.05) is 31.2 Å². The number of amides is 1. The second kappa shape index (κ2) is 8.83. The third kappa shape index (κ3) is 5.18. The van der Waals surface area contributed by atoms with Gasteiger partial charge in [0.25, 0.3) is 0 Å². The van der Waals surface area contributed by atoms with Gasteiger partial charge in [-0.15, -0.1) is 0 Å². The average Bonchev–Trinajstić information content (AvgIpc) is 2.61. The summed E-state index contributed by atoms with van der Waals surface area (Å²) in [5.41, 5.74) is 1.46. The van der Waals surface area contributed by atoms with E-state index >= 15 is 0 Å². The van der Waals surface area contributed by atoms with Crippen LogP contribution in [0.25, 0.3) is 0 Å². The Labute approximate surface area is 152 Å². The van der Waals surface area contributed by atoms with Crippen molar-refractivity contribution in [1.82, 2.24) is 5.32 Å². The summed E-state index contributed by atoms with van der Waals surface area (Å²) in [5, 5.41) is 6.19. The van der Waals surface area contributed by atoms with Gasteiger partial charge in [-0.1, -0.05) is 30.7 Å². The first-order valence-electron chi connectivity index (χ1n) is 8.10. The molecule has 0 aromatic heterocycles. The Bertz CT molecular complexity index is 722. The molecule has 0 bridgehead atoms. The van der Waals surface area contributed by atoms with Gasteiger partial charge < -0.3 is 10.1 Å². The normalized spacial score (nSPS) is 13.2. The Hall–Kier alpha value is -2.11. The highest BCUT2D eigenvalue weighted by atomic mass is 35.5. The van der Waals surface area contributed by atoms with Gasteiger partial charge in [-0.2, -0.15) is 0 Å². The third-order valence-corrected chi connectivity index (χ3v) is 4.27. The van der Waals surface area contributed by atoms with Crippen LogP contribution in [-0.2, 0) is 4.79 Å². The molecule has 134 valence electrons. The Morgan fingerprint density at radius 3 is 2.48 bits per heavy atom. The maximum Gasteiger partial charge on any atom is 0.241 e. The zero-order valence-electron chi connectivity index (χ0n) is 14.5. The van der Waals surface area contributed by atoms with Crippen LogP contribution >= 0.6 is 11.6 Å². The van der Waals surface area contributed by atoms with Crippen molar-refractivity contribution in [2.24, 2.45) is 0 Å². The molecular weight excluding hydrogens is 343 g/mol. The van der Waals surface area contributed by atoms with Crippen LogP contribution in [0.5, 0.6) is 5.75 Å². The lowest BCUT2D eigenvalue weighted by atomic mass is 10.0. The molecule has 0 aliphatic heterocycles. The minimum absolute atomic E-state index is 0.0235. The van der Waals surface area contributed by atoms with Gasteiger partial charge >= 0.3 is 0 Å². The molecule has 0 fully saturated rings. The lowest BCUT2D eigenvalue weighted by molar-refractivity contribution is -0.118. The maximum absolute atomic E-state index is 13.1. The molecule has 0 saturated heterocycles. The molecule has 0 heterocycles. The number of hydrogen-bond acceptors (Lipinski definition) is 3. The van der Waals surface area contributed by atoms with Crippen molar-refractivity contribution in [2.45, 2.75) is 32.4 Å². The molecule has 2 aromatic rings. The van der Waals surface area contributed by atoms with Gasteiger partial charge in [0.2, 0.25) is 5.91 Å². The fourth-order valence-electron chi connectivity index (χ4n) is 2.50. The Balaban J connectivity index is 2.02. The van der Waals surface area contributed by atoms with Crippen LogP contribution in [0.2, 0.25) is 5.02 Å². The van der Waals surface area contributed by atoms with Crippen LogP contribution in [0.3, 0.4) is 0 Å². The first-order valence-corrected chi connectivity index (χ1v) is 8.48. The largest absolute Gasteiger partial charge is 0.497 e. The third-order valence-electron chi connectivity index (χ3n) is 3.96. The maximum atomic E-state index is 13.1. The van der Waals surface area contributed by atoms with E-state index < -0.39 is 11.9 Å². The van der Waals surface area contributed by atoms with E-state index in [0.29, 0.717) is 5.69 Å². The Morgan fingerprint density at radius 2 is 1.92 bits per heavy atom. The number of methoxy groups -OCH3 is 1. The van der Waals surface area contributed by atoms with Crippen LogP contribution in [0, 0.1) is 5.82 Å². The second-order valence-electron chi connectivity index (χ2n) is 5.74. The van der Waals surface area contributed by atoms with Crippen LogP contribution in [0.15, 0.2) is 42.5 Å². The van der Waals surface area contributed by atoms with Crippen LogP contribution in [-0.4, -0.2) is 19.1 Å². The summed E-state index contributed by atoms with van der Waals surface area (Å²) < 4.78 is 18.2. The van der Waals surface area contributed by atoms with Crippen molar-refractivity contribution in [3.63, 3.8) is 0 Å². The molecule has 0 unspecified atom stereocenters. The number of anilines is 1. The first-order chi connectivity index (χ1) is 11.9. The van der Waals surface area contributed by atoms with E-state index in [9.17, 15) is 9.18 Å². The van der Waals surface area contributed by atoms with Gasteiger partial charge in [0.15, 0.2) is 0 Å². The zero-order valence-corrected chi connectivity index (χ0v) is 15.2. The molecule has 2 N–H and O–H groups in total. The quantitative estimate of drug-likeness (QED) is 0.757. The number of halogens is 2. The van der Waals surface area contributed by atoms with Gasteiger partial charge in [-0.3, -0.25) is 10.1 Å². The van der Waals surface area contributed by atoms with Gasteiger partial charge in [-0.05, 0) is 49.2 Å². The number of ether oxygens (including phenoxy) is 1. The highest BCUT2D eigenvalue weighted by Crippen LogP contribution is 2.23. The monoisotopic (exact) mass is 364 g/mol. The fourth-order valence-corrected chi connectivity index (χ4v) is 2.71. The summed E-state index contributed by atoms with van der Waals surface area (Å²) in [5.74, 6) is 0.107. The molecule has 1 amide bonds. The van der Waals surface area contributed by atoms with Gasteiger partial charge in [0.1, 0.15) is 11.6 Å². The lowest BCUT2D eigenvalue weighted by Crippen LogP contribution is -2.40. The van der Waals surface area contributed by atoms with Crippen molar-refractivity contribution < 1.29 is 13.9 Å². The fraction of sp³-hybridized carbons (Fsp3) is 0.316. The van der Waals surface area contributed by atoms with Crippen molar-refractivity contribution in [2.75, 3.05) is 12.4 Å². The molecule has 2 aromatic carbocycles. The summed E-state index contributed by atoms with van der Waals surface area (Å²) in [6.45, 7) is 3.82.